The molecule has 2 saturated heterocycles. The van der Waals surface area contributed by atoms with Crippen LogP contribution in [0.5, 0.6) is 0 Å². The first-order valence-corrected chi connectivity index (χ1v) is 9.69. The first kappa shape index (κ1) is 20.4. The topological polar surface area (TPSA) is 105 Å². The van der Waals surface area contributed by atoms with Crippen molar-refractivity contribution in [1.82, 2.24) is 15.1 Å². The van der Waals surface area contributed by atoms with E-state index in [0.717, 1.165) is 13.0 Å². The van der Waals surface area contributed by atoms with Gasteiger partial charge in [0.25, 0.3) is 5.69 Å². The van der Waals surface area contributed by atoms with Crippen LogP contribution >= 0.6 is 12.6 Å². The highest BCUT2D eigenvalue weighted by molar-refractivity contribution is 7.81. The molecule has 9 nitrogen and oxygen atoms in total. The number of non-ortho nitro benzene ring substituents is 1. The number of rotatable bonds is 5. The Morgan fingerprint density at radius 3 is 2.64 bits per heavy atom. The predicted molar refractivity (Wildman–Crippen MR) is 105 cm³/mol. The highest BCUT2D eigenvalue weighted by Crippen LogP contribution is 2.23. The summed E-state index contributed by atoms with van der Waals surface area (Å²) in [5.74, 6) is 0.0857. The Bertz CT molecular complexity index is 744. The molecule has 10 heteroatoms. The van der Waals surface area contributed by atoms with Crippen molar-refractivity contribution in [3.63, 3.8) is 0 Å². The molecule has 1 N–H and O–H groups in total. The third kappa shape index (κ3) is 4.93. The van der Waals surface area contributed by atoms with Gasteiger partial charge in [0.15, 0.2) is 0 Å². The normalized spacial score (nSPS) is 24.9. The van der Waals surface area contributed by atoms with Gasteiger partial charge in [-0.2, -0.15) is 12.6 Å². The molecule has 0 saturated carbocycles. The second kappa shape index (κ2) is 8.78. The summed E-state index contributed by atoms with van der Waals surface area (Å²) in [6.07, 6.45) is 0.856. The standard InChI is InChI=1S/C18H24N4O5S/c1-20-10-15(28)8-16(20)17(23)21-7-6-13(9-21)19-18(24)27-11-12-2-4-14(5-3-12)22(25)26/h2-5,13,15-16,28H,6-11H2,1H3,(H,19,24)/t13?,15-,16-/m0/s1. The van der Waals surface area contributed by atoms with Crippen molar-refractivity contribution in [2.75, 3.05) is 26.7 Å². The zero-order chi connectivity index (χ0) is 20.3. The molecular weight excluding hydrogens is 384 g/mol. The van der Waals surface area contributed by atoms with Gasteiger partial charge in [-0.3, -0.25) is 19.8 Å². The molecule has 28 heavy (non-hydrogen) atoms. The van der Waals surface area contributed by atoms with Crippen LogP contribution in [0.4, 0.5) is 10.5 Å². The number of nitrogens with zero attached hydrogens (tertiary/aromatic N) is 3. The summed E-state index contributed by atoms with van der Waals surface area (Å²) in [7, 11) is 1.93. The number of benzene rings is 1. The monoisotopic (exact) mass is 408 g/mol. The Balaban J connectivity index is 1.43. The second-order valence-corrected chi connectivity index (χ2v) is 7.99. The molecule has 2 amide bonds. The molecular formula is C18H24N4O5S. The Morgan fingerprint density at radius 2 is 2.04 bits per heavy atom. The minimum atomic E-state index is -0.564. The smallest absolute Gasteiger partial charge is 0.407 e. The van der Waals surface area contributed by atoms with Crippen molar-refractivity contribution in [1.29, 1.82) is 0 Å². The van der Waals surface area contributed by atoms with Gasteiger partial charge in [0.1, 0.15) is 6.61 Å². The maximum atomic E-state index is 12.7. The number of thiol groups is 1. The number of nitro groups is 1. The predicted octanol–water partition coefficient (Wildman–Crippen LogP) is 1.42. The van der Waals surface area contributed by atoms with E-state index in [1.54, 1.807) is 17.0 Å². The van der Waals surface area contributed by atoms with Crippen molar-refractivity contribution in [3.05, 3.63) is 39.9 Å². The minimum absolute atomic E-state index is 0.0129. The fourth-order valence-electron chi connectivity index (χ4n) is 3.62. The molecule has 3 atom stereocenters. The van der Waals surface area contributed by atoms with E-state index in [-0.39, 0.29) is 35.5 Å². The van der Waals surface area contributed by atoms with E-state index in [9.17, 15) is 19.7 Å². The van der Waals surface area contributed by atoms with Crippen LogP contribution in [0.3, 0.4) is 0 Å². The SMILES string of the molecule is CN1C[C@@H](S)C[C@H]1C(=O)N1CCC(NC(=O)OCc2ccc([N+](=O)[O-])cc2)C1. The number of carbonyl (C=O) groups is 2. The van der Waals surface area contributed by atoms with Crippen molar-refractivity contribution < 1.29 is 19.2 Å². The molecule has 0 aliphatic carbocycles. The number of ether oxygens (including phenoxy) is 1. The third-order valence-corrected chi connectivity index (χ3v) is 5.52. The summed E-state index contributed by atoms with van der Waals surface area (Å²) in [6, 6.07) is 5.54. The van der Waals surface area contributed by atoms with Crippen LogP contribution in [0.15, 0.2) is 24.3 Å². The van der Waals surface area contributed by atoms with E-state index in [1.807, 2.05) is 11.9 Å². The van der Waals surface area contributed by atoms with Crippen LogP contribution < -0.4 is 5.32 Å². The lowest BCUT2D eigenvalue weighted by molar-refractivity contribution is -0.384. The number of nitro benzene ring substituents is 1. The maximum Gasteiger partial charge on any atom is 0.407 e. The van der Waals surface area contributed by atoms with E-state index in [0.29, 0.717) is 25.1 Å². The summed E-state index contributed by atoms with van der Waals surface area (Å²) in [5.41, 5.74) is 0.649. The van der Waals surface area contributed by atoms with Crippen LogP contribution in [0.25, 0.3) is 0 Å². The van der Waals surface area contributed by atoms with Crippen molar-refractivity contribution in [2.45, 2.75) is 36.8 Å². The first-order chi connectivity index (χ1) is 13.3. The summed E-state index contributed by atoms with van der Waals surface area (Å²) < 4.78 is 5.18. The average molecular weight is 408 g/mol. The summed E-state index contributed by atoms with van der Waals surface area (Å²) >= 11 is 4.46. The van der Waals surface area contributed by atoms with E-state index >= 15 is 0 Å². The van der Waals surface area contributed by atoms with Crippen LogP contribution in [0.2, 0.25) is 0 Å². The second-order valence-electron chi connectivity index (χ2n) is 7.26. The van der Waals surface area contributed by atoms with Crippen LogP contribution in [0.1, 0.15) is 18.4 Å². The quantitative estimate of drug-likeness (QED) is 0.434. The zero-order valence-corrected chi connectivity index (χ0v) is 16.5. The average Bonchev–Trinajstić information content (AvgIpc) is 3.25. The Kier molecular flexibility index (Phi) is 6.40. The number of likely N-dealkylation sites (tertiary alicyclic amines) is 2. The van der Waals surface area contributed by atoms with Crippen molar-refractivity contribution in [2.24, 2.45) is 0 Å². The lowest BCUT2D eigenvalue weighted by Gasteiger charge is -2.25. The molecule has 2 heterocycles. The van der Waals surface area contributed by atoms with Crippen LogP contribution in [-0.2, 0) is 16.1 Å². The molecule has 1 aromatic rings. The number of likely N-dealkylation sites (N-methyl/N-ethyl adjacent to an activating group) is 1. The molecule has 0 spiro atoms. The Labute approximate surface area is 168 Å². The van der Waals surface area contributed by atoms with Crippen LogP contribution in [-0.4, -0.2) is 70.7 Å². The summed E-state index contributed by atoms with van der Waals surface area (Å²) in [6.45, 7) is 1.89. The fourth-order valence-corrected chi connectivity index (χ4v) is 4.08. The fraction of sp³-hybridized carbons (Fsp3) is 0.556. The molecule has 152 valence electrons. The molecule has 1 unspecified atom stereocenters. The van der Waals surface area contributed by atoms with Gasteiger partial charge in [0.05, 0.1) is 17.0 Å². The molecule has 0 bridgehead atoms. The van der Waals surface area contributed by atoms with Gasteiger partial charge < -0.3 is 15.0 Å². The first-order valence-electron chi connectivity index (χ1n) is 9.17. The molecule has 0 aromatic heterocycles. The lowest BCUT2D eigenvalue weighted by Crippen LogP contribution is -2.45. The molecule has 2 fully saturated rings. The van der Waals surface area contributed by atoms with Gasteiger partial charge >= 0.3 is 6.09 Å². The highest BCUT2D eigenvalue weighted by atomic mass is 32.1. The summed E-state index contributed by atoms with van der Waals surface area (Å²) in [4.78, 5) is 38.7. The Hall–Kier alpha value is -2.33. The molecule has 3 rings (SSSR count). The molecule has 2 aliphatic rings. The number of hydrogen-bond acceptors (Lipinski definition) is 7. The number of nitrogens with one attached hydrogen (secondary N) is 1. The molecule has 0 radical (unpaired) electrons. The van der Waals surface area contributed by atoms with E-state index in [4.69, 9.17) is 4.74 Å². The van der Waals surface area contributed by atoms with Gasteiger partial charge in [-0.25, -0.2) is 4.79 Å². The van der Waals surface area contributed by atoms with Gasteiger partial charge in [-0.1, -0.05) is 0 Å². The third-order valence-electron chi connectivity index (χ3n) is 5.15. The molecule has 2 aliphatic heterocycles. The van der Waals surface area contributed by atoms with Crippen LogP contribution in [0, 0.1) is 10.1 Å². The lowest BCUT2D eigenvalue weighted by atomic mass is 10.2. The number of hydrogen-bond donors (Lipinski definition) is 2. The summed E-state index contributed by atoms with van der Waals surface area (Å²) in [5, 5.41) is 13.6. The van der Waals surface area contributed by atoms with Crippen molar-refractivity contribution >= 4 is 30.3 Å². The van der Waals surface area contributed by atoms with Gasteiger partial charge in [-0.15, -0.1) is 0 Å². The van der Waals surface area contributed by atoms with Crippen molar-refractivity contribution in [3.8, 4) is 0 Å². The number of amides is 2. The van der Waals surface area contributed by atoms with Gasteiger partial charge in [-0.05, 0) is 37.6 Å². The molecule has 1 aromatic carbocycles. The largest absolute Gasteiger partial charge is 0.445 e. The zero-order valence-electron chi connectivity index (χ0n) is 15.6. The number of carbonyl (C=O) groups excluding carboxylic acids is 2. The van der Waals surface area contributed by atoms with Gasteiger partial charge in [0, 0.05) is 37.0 Å². The minimum Gasteiger partial charge on any atom is -0.445 e. The van der Waals surface area contributed by atoms with E-state index in [2.05, 4.69) is 17.9 Å². The van der Waals surface area contributed by atoms with E-state index < -0.39 is 11.0 Å². The number of alkyl carbamates (subject to hydrolysis) is 1. The maximum absolute atomic E-state index is 12.7. The Morgan fingerprint density at radius 1 is 1.32 bits per heavy atom. The highest BCUT2D eigenvalue weighted by Gasteiger charge is 2.38. The van der Waals surface area contributed by atoms with E-state index in [1.165, 1.54) is 12.1 Å². The van der Waals surface area contributed by atoms with Gasteiger partial charge in [0.2, 0.25) is 5.91 Å².